The van der Waals surface area contributed by atoms with Crippen LogP contribution in [0.2, 0.25) is 0 Å². The van der Waals surface area contributed by atoms with Crippen LogP contribution in [0.4, 0.5) is 26.1 Å². The Morgan fingerprint density at radius 3 is 2.42 bits per heavy atom. The number of carbonyl (C=O) groups is 1. The summed E-state index contributed by atoms with van der Waals surface area (Å²) in [6.45, 7) is 0. The van der Waals surface area contributed by atoms with Crippen LogP contribution in [0.3, 0.4) is 0 Å². The van der Waals surface area contributed by atoms with E-state index in [9.17, 15) is 13.6 Å². The lowest BCUT2D eigenvalue weighted by atomic mass is 10.2. The van der Waals surface area contributed by atoms with Crippen molar-refractivity contribution in [1.82, 2.24) is 9.97 Å². The summed E-state index contributed by atoms with van der Waals surface area (Å²) in [5.41, 5.74) is 1.30. The van der Waals surface area contributed by atoms with Crippen LogP contribution in [-0.2, 0) is 0 Å². The summed E-state index contributed by atoms with van der Waals surface area (Å²) in [6, 6.07) is 13.0. The van der Waals surface area contributed by atoms with E-state index in [-0.39, 0.29) is 17.3 Å². The second kappa shape index (κ2) is 7.36. The molecule has 3 aromatic rings. The van der Waals surface area contributed by atoms with Crippen molar-refractivity contribution in [3.8, 4) is 6.07 Å². The number of benzene rings is 2. The van der Waals surface area contributed by atoms with E-state index in [4.69, 9.17) is 5.26 Å². The van der Waals surface area contributed by atoms with Crippen LogP contribution in [-0.4, -0.2) is 15.9 Å². The number of carbonyl (C=O) groups excluding carboxylic acids is 1. The molecule has 0 aliphatic carbocycles. The molecule has 0 bridgehead atoms. The van der Waals surface area contributed by atoms with Gasteiger partial charge in [0.15, 0.2) is 11.6 Å². The van der Waals surface area contributed by atoms with Crippen LogP contribution in [0.1, 0.15) is 16.1 Å². The van der Waals surface area contributed by atoms with Gasteiger partial charge in [0.2, 0.25) is 5.95 Å². The number of anilines is 3. The summed E-state index contributed by atoms with van der Waals surface area (Å²) in [5, 5.41) is 14.1. The average Bonchev–Trinajstić information content (AvgIpc) is 2.65. The lowest BCUT2D eigenvalue weighted by Crippen LogP contribution is -2.14. The van der Waals surface area contributed by atoms with E-state index in [1.165, 1.54) is 18.3 Å². The van der Waals surface area contributed by atoms with E-state index in [0.717, 1.165) is 12.1 Å². The van der Waals surface area contributed by atoms with Crippen molar-refractivity contribution in [2.45, 2.75) is 0 Å². The number of nitrogens with one attached hydrogen (secondary N) is 2. The van der Waals surface area contributed by atoms with Crippen molar-refractivity contribution < 1.29 is 13.6 Å². The summed E-state index contributed by atoms with van der Waals surface area (Å²) in [4.78, 5) is 20.3. The first-order valence-electron chi connectivity index (χ1n) is 7.42. The molecule has 128 valence electrons. The smallest absolute Gasteiger partial charge is 0.274 e. The Bertz CT molecular complexity index is 999. The average molecular weight is 351 g/mol. The summed E-state index contributed by atoms with van der Waals surface area (Å²) in [5.74, 6) is -2.40. The van der Waals surface area contributed by atoms with Gasteiger partial charge in [0.25, 0.3) is 5.91 Å². The van der Waals surface area contributed by atoms with E-state index in [0.29, 0.717) is 11.3 Å². The Morgan fingerprint density at radius 2 is 1.73 bits per heavy atom. The van der Waals surface area contributed by atoms with Crippen LogP contribution in [0, 0.1) is 23.0 Å². The van der Waals surface area contributed by atoms with Gasteiger partial charge in [0.05, 0.1) is 11.6 Å². The van der Waals surface area contributed by atoms with Gasteiger partial charge in [0.1, 0.15) is 5.69 Å². The number of nitrogens with zero attached hydrogens (tertiary/aromatic N) is 3. The highest BCUT2D eigenvalue weighted by Crippen LogP contribution is 2.17. The van der Waals surface area contributed by atoms with E-state index in [2.05, 4.69) is 20.6 Å². The molecule has 0 fully saturated rings. The molecule has 0 saturated carbocycles. The maximum atomic E-state index is 13.2. The van der Waals surface area contributed by atoms with Crippen molar-refractivity contribution in [3.05, 3.63) is 77.6 Å². The number of hydrogen-bond acceptors (Lipinski definition) is 5. The molecule has 8 heteroatoms. The van der Waals surface area contributed by atoms with Crippen molar-refractivity contribution >= 4 is 23.2 Å². The van der Waals surface area contributed by atoms with Gasteiger partial charge in [-0.25, -0.2) is 18.7 Å². The molecule has 0 unspecified atom stereocenters. The fourth-order valence-electron chi connectivity index (χ4n) is 2.07. The Hall–Kier alpha value is -3.86. The lowest BCUT2D eigenvalue weighted by molar-refractivity contribution is 0.102. The van der Waals surface area contributed by atoms with Crippen LogP contribution >= 0.6 is 0 Å². The molecule has 0 radical (unpaired) electrons. The van der Waals surface area contributed by atoms with Crippen LogP contribution in [0.25, 0.3) is 0 Å². The zero-order chi connectivity index (χ0) is 18.5. The lowest BCUT2D eigenvalue weighted by Gasteiger charge is -2.08. The number of amides is 1. The highest BCUT2D eigenvalue weighted by atomic mass is 19.2. The monoisotopic (exact) mass is 351 g/mol. The van der Waals surface area contributed by atoms with Gasteiger partial charge in [-0.1, -0.05) is 0 Å². The molecule has 0 atom stereocenters. The standard InChI is InChI=1S/C18H11F2N5O/c19-14-6-5-13(9-15(14)20)24-18-22-8-7-16(25-18)17(26)23-12-3-1-11(10-21)2-4-12/h1-9H,(H,23,26)(H,22,24,25). The van der Waals surface area contributed by atoms with E-state index in [1.807, 2.05) is 6.07 Å². The molecular formula is C18H11F2N5O. The first-order chi connectivity index (χ1) is 12.5. The Morgan fingerprint density at radius 1 is 1.00 bits per heavy atom. The first-order valence-corrected chi connectivity index (χ1v) is 7.42. The molecule has 0 spiro atoms. The Labute approximate surface area is 147 Å². The predicted molar refractivity (Wildman–Crippen MR) is 90.8 cm³/mol. The fraction of sp³-hybridized carbons (Fsp3) is 0. The van der Waals surface area contributed by atoms with Crippen LogP contribution < -0.4 is 10.6 Å². The second-order valence-electron chi connectivity index (χ2n) is 5.16. The highest BCUT2D eigenvalue weighted by Gasteiger charge is 2.10. The largest absolute Gasteiger partial charge is 0.324 e. The van der Waals surface area contributed by atoms with Crippen molar-refractivity contribution in [3.63, 3.8) is 0 Å². The van der Waals surface area contributed by atoms with Crippen LogP contribution in [0.5, 0.6) is 0 Å². The molecule has 3 rings (SSSR count). The third-order valence-electron chi connectivity index (χ3n) is 3.34. The van der Waals surface area contributed by atoms with Crippen molar-refractivity contribution in [2.24, 2.45) is 0 Å². The number of nitriles is 1. The minimum atomic E-state index is -1.01. The SMILES string of the molecule is N#Cc1ccc(NC(=O)c2ccnc(Nc3ccc(F)c(F)c3)n2)cc1. The second-order valence-corrected chi connectivity index (χ2v) is 5.16. The maximum absolute atomic E-state index is 13.2. The summed E-state index contributed by atoms with van der Waals surface area (Å²) >= 11 is 0. The van der Waals surface area contributed by atoms with Crippen LogP contribution in [0.15, 0.2) is 54.7 Å². The molecule has 1 amide bonds. The van der Waals surface area contributed by atoms with E-state index in [1.54, 1.807) is 24.3 Å². The van der Waals surface area contributed by atoms with Gasteiger partial charge in [-0.05, 0) is 42.5 Å². The summed E-state index contributed by atoms with van der Waals surface area (Å²) < 4.78 is 26.2. The number of halogens is 2. The molecule has 2 aromatic carbocycles. The Kier molecular flexibility index (Phi) is 4.80. The molecule has 26 heavy (non-hydrogen) atoms. The number of aromatic nitrogens is 2. The molecular weight excluding hydrogens is 340 g/mol. The molecule has 1 aromatic heterocycles. The maximum Gasteiger partial charge on any atom is 0.274 e. The van der Waals surface area contributed by atoms with Crippen molar-refractivity contribution in [1.29, 1.82) is 5.26 Å². The topological polar surface area (TPSA) is 90.7 Å². The highest BCUT2D eigenvalue weighted by molar-refractivity contribution is 6.03. The zero-order valence-corrected chi connectivity index (χ0v) is 13.2. The third-order valence-corrected chi connectivity index (χ3v) is 3.34. The molecule has 0 aliphatic rings. The Balaban J connectivity index is 1.74. The molecule has 6 nitrogen and oxygen atoms in total. The normalized spacial score (nSPS) is 10.0. The summed E-state index contributed by atoms with van der Waals surface area (Å²) in [6.07, 6.45) is 1.36. The third kappa shape index (κ3) is 3.96. The van der Waals surface area contributed by atoms with Gasteiger partial charge < -0.3 is 10.6 Å². The van der Waals surface area contributed by atoms with Gasteiger partial charge in [-0.3, -0.25) is 4.79 Å². The molecule has 0 saturated heterocycles. The predicted octanol–water partition coefficient (Wildman–Crippen LogP) is 3.62. The van der Waals surface area contributed by atoms with Gasteiger partial charge in [0, 0.05) is 23.6 Å². The minimum absolute atomic E-state index is 0.0588. The molecule has 1 heterocycles. The van der Waals surface area contributed by atoms with Crippen molar-refractivity contribution in [2.75, 3.05) is 10.6 Å². The van der Waals surface area contributed by atoms with Gasteiger partial charge in [-0.15, -0.1) is 0 Å². The minimum Gasteiger partial charge on any atom is -0.324 e. The first kappa shape index (κ1) is 17.0. The molecule has 2 N–H and O–H groups in total. The van der Waals surface area contributed by atoms with E-state index < -0.39 is 17.5 Å². The van der Waals surface area contributed by atoms with Gasteiger partial charge >= 0.3 is 0 Å². The quantitative estimate of drug-likeness (QED) is 0.749. The molecule has 0 aliphatic heterocycles. The number of hydrogen-bond donors (Lipinski definition) is 2. The fourth-order valence-corrected chi connectivity index (χ4v) is 2.07. The summed E-state index contributed by atoms with van der Waals surface area (Å²) in [7, 11) is 0. The zero-order valence-electron chi connectivity index (χ0n) is 13.2. The number of rotatable bonds is 4. The van der Waals surface area contributed by atoms with Gasteiger partial charge in [-0.2, -0.15) is 5.26 Å². The van der Waals surface area contributed by atoms with E-state index >= 15 is 0 Å².